The minimum absolute atomic E-state index is 0.0159. The van der Waals surface area contributed by atoms with Crippen molar-refractivity contribution >= 4 is 23.2 Å². The van der Waals surface area contributed by atoms with Gasteiger partial charge in [0.25, 0.3) is 0 Å². The lowest BCUT2D eigenvalue weighted by molar-refractivity contribution is 0.266. The van der Waals surface area contributed by atoms with Crippen molar-refractivity contribution in [2.75, 3.05) is 0 Å². The second-order valence-corrected chi connectivity index (χ2v) is 30.7. The van der Waals surface area contributed by atoms with E-state index in [-0.39, 0.29) is 62.8 Å². The number of hydrogen-bond acceptors (Lipinski definition) is 18. The number of ether oxygens (including phenoxy) is 15. The lowest BCUT2D eigenvalue weighted by atomic mass is 10.1. The highest BCUT2D eigenvalue weighted by atomic mass is 35.5. The van der Waals surface area contributed by atoms with Crippen LogP contribution in [0.1, 0.15) is 83.5 Å². The van der Waals surface area contributed by atoms with Crippen LogP contribution in [0.4, 0.5) is 0 Å². The van der Waals surface area contributed by atoms with E-state index in [4.69, 9.17) is 94.3 Å². The van der Waals surface area contributed by atoms with Gasteiger partial charge in [-0.05, 0) is 192 Å². The zero-order chi connectivity index (χ0) is 86.9. The van der Waals surface area contributed by atoms with Gasteiger partial charge in [0, 0.05) is 42.5 Å². The number of rotatable bonds is 45. The van der Waals surface area contributed by atoms with E-state index in [1.165, 1.54) is 0 Å². The van der Waals surface area contributed by atoms with Crippen molar-refractivity contribution in [1.29, 1.82) is 0 Å². The average molecular weight is 1740 g/mol. The molecule has 15 aromatic carbocycles. The van der Waals surface area contributed by atoms with Crippen LogP contribution in [-0.4, -0.2) is 15.0 Å². The number of aromatic nitrogens is 3. The molecule has 0 fully saturated rings. The summed E-state index contributed by atoms with van der Waals surface area (Å²) in [7, 11) is 0. The first-order valence-electron chi connectivity index (χ1n) is 41.8. The summed E-state index contributed by atoms with van der Waals surface area (Å²) in [5.41, 5.74) is 13.3. The zero-order valence-electron chi connectivity index (χ0n) is 70.0. The van der Waals surface area contributed by atoms with E-state index in [1.807, 2.05) is 364 Å². The maximum atomic E-state index is 6.87. The Hall–Kier alpha value is -15.1. The second kappa shape index (κ2) is 45.0. The monoisotopic (exact) mass is 1740 g/mol. The van der Waals surface area contributed by atoms with Crippen molar-refractivity contribution in [3.05, 3.63) is 464 Å². The van der Waals surface area contributed by atoms with Crippen molar-refractivity contribution in [1.82, 2.24) is 15.0 Å². The Bertz CT molecular complexity index is 5270. The molecule has 0 aliphatic carbocycles. The third kappa shape index (κ3) is 27.7. The summed E-state index contributed by atoms with van der Waals surface area (Å²) in [6.07, 6.45) is 0. The molecule has 0 aliphatic rings. The van der Waals surface area contributed by atoms with Crippen molar-refractivity contribution in [3.8, 4) is 86.5 Å². The van der Waals surface area contributed by atoms with Crippen molar-refractivity contribution in [3.63, 3.8) is 0 Å². The highest BCUT2D eigenvalue weighted by Gasteiger charge is 2.18. The molecule has 0 radical (unpaired) electrons. The Morgan fingerprint density at radius 2 is 0.250 bits per heavy atom. The van der Waals surface area contributed by atoms with Crippen molar-refractivity contribution in [2.24, 2.45) is 0 Å². The summed E-state index contributed by atoms with van der Waals surface area (Å²) >= 11 is 12.6. The molecule has 0 N–H and O–H groups in total. The minimum Gasteiger partial charge on any atom is -0.489 e. The minimum atomic E-state index is -0.138. The molecule has 1 heterocycles. The van der Waals surface area contributed by atoms with E-state index in [0.717, 1.165) is 66.8 Å². The van der Waals surface area contributed by atoms with Crippen LogP contribution in [0.3, 0.4) is 0 Å². The van der Waals surface area contributed by atoms with E-state index < -0.39 is 0 Å². The Kier molecular flexibility index (Phi) is 30.4. The van der Waals surface area contributed by atoms with E-state index in [2.05, 4.69) is 15.0 Å². The maximum Gasteiger partial charge on any atom is 0.322 e. The molecule has 0 saturated carbocycles. The van der Waals surface area contributed by atoms with E-state index in [1.54, 1.807) is 6.07 Å². The van der Waals surface area contributed by atoms with Crippen LogP contribution in [0, 0.1) is 0 Å². The highest BCUT2D eigenvalue weighted by Crippen LogP contribution is 2.36. The SMILES string of the molecule is Clc1nc(Cl)nc(OCc2cc(OCc3cc(OCc4cc(OCc5ccccc5)cc(OCc5ccccc5)c4)cc(OCc4cc(OCc5ccccc5)cc(OCc5ccccc5)c4)c3)cc(OCc3cc(OCc4cc(OCc5ccccc5)cc(OCc5ccccc5)c4)cc(OCc4cc(OCc5ccccc5)cc(OCc5ccccc5)c4)c3)c2)n1. The Labute approximate surface area is 754 Å². The topological polar surface area (TPSA) is 177 Å². The van der Waals surface area contributed by atoms with Gasteiger partial charge in [0.2, 0.25) is 10.6 Å². The van der Waals surface area contributed by atoms with Gasteiger partial charge in [0.15, 0.2) is 0 Å². The van der Waals surface area contributed by atoms with Gasteiger partial charge in [-0.25, -0.2) is 0 Å². The normalized spacial score (nSPS) is 10.9. The molecule has 128 heavy (non-hydrogen) atoms. The van der Waals surface area contributed by atoms with E-state index in [0.29, 0.717) is 150 Å². The third-order valence-corrected chi connectivity index (χ3v) is 20.3. The van der Waals surface area contributed by atoms with Gasteiger partial charge in [-0.2, -0.15) is 15.0 Å². The number of hydrogen-bond donors (Lipinski definition) is 0. The zero-order valence-corrected chi connectivity index (χ0v) is 71.6. The largest absolute Gasteiger partial charge is 0.489 e. The summed E-state index contributed by atoms with van der Waals surface area (Å²) in [5.74, 6) is 7.70. The summed E-state index contributed by atoms with van der Waals surface area (Å²) < 4.78 is 98.6. The molecule has 0 unspecified atom stereocenters. The lowest BCUT2D eigenvalue weighted by Crippen LogP contribution is -2.05. The number of halogens is 2. The van der Waals surface area contributed by atoms with Gasteiger partial charge in [0.05, 0.1) is 0 Å². The molecule has 18 nitrogen and oxygen atoms in total. The van der Waals surface area contributed by atoms with Crippen LogP contribution in [0.5, 0.6) is 86.5 Å². The first kappa shape index (κ1) is 86.4. The average Bonchev–Trinajstić information content (AvgIpc) is 0.784. The molecule has 0 atom stereocenters. The van der Waals surface area contributed by atoms with Crippen LogP contribution >= 0.6 is 23.2 Å². The molecule has 642 valence electrons. The molecule has 0 saturated heterocycles. The molecule has 0 aliphatic heterocycles. The van der Waals surface area contributed by atoms with Crippen molar-refractivity contribution in [2.45, 2.75) is 99.1 Å². The lowest BCUT2D eigenvalue weighted by Gasteiger charge is -2.17. The molecule has 20 heteroatoms. The van der Waals surface area contributed by atoms with Crippen LogP contribution in [-0.2, 0) is 99.1 Å². The van der Waals surface area contributed by atoms with Gasteiger partial charge in [-0.1, -0.05) is 243 Å². The fourth-order valence-corrected chi connectivity index (χ4v) is 14.0. The standard InChI is InChI=1S/C108H91Cl2N3O15/c109-106-111-107(110)113-108(112-106)128-76-91-53-104(126-74-89-49-100(122-70-85-41-92(114-62-77-25-9-1-10-26-77)55-93(42-85)115-63-78-27-11-2-12-28-78)59-101(50-89)123-71-86-43-94(116-64-79-29-13-3-14-30-79)56-95(44-86)117-65-80-31-15-4-16-32-80)61-105(54-91)127-75-90-51-102(124-72-87-45-96(118-66-81-33-17-5-18-34-81)57-97(46-87)119-67-82-35-19-6-20-36-82)60-103(52-90)125-73-88-47-98(120-68-83-37-21-7-22-38-83)58-99(48-88)121-69-84-39-23-8-24-40-84/h1-61H,62-76H2. The second-order valence-electron chi connectivity index (χ2n) is 30.1. The first-order chi connectivity index (χ1) is 63.0. The molecule has 16 aromatic rings. The van der Waals surface area contributed by atoms with Crippen molar-refractivity contribution < 1.29 is 71.1 Å². The number of benzene rings is 15. The number of nitrogens with zero attached hydrogens (tertiary/aromatic N) is 3. The molecule has 1 aromatic heterocycles. The highest BCUT2D eigenvalue weighted by molar-refractivity contribution is 6.31. The van der Waals surface area contributed by atoms with E-state index >= 15 is 0 Å². The molecular weight excluding hydrogens is 1650 g/mol. The summed E-state index contributed by atoms with van der Waals surface area (Å²) in [4.78, 5) is 12.3. The van der Waals surface area contributed by atoms with Crippen LogP contribution in [0.15, 0.2) is 370 Å². The molecule has 0 spiro atoms. The summed E-state index contributed by atoms with van der Waals surface area (Å²) in [6.45, 7) is 3.20. The predicted molar refractivity (Wildman–Crippen MR) is 491 cm³/mol. The maximum absolute atomic E-state index is 6.87. The fourth-order valence-electron chi connectivity index (χ4n) is 13.6. The van der Waals surface area contributed by atoms with Crippen LogP contribution in [0.25, 0.3) is 0 Å². The molecule has 0 amide bonds. The van der Waals surface area contributed by atoms with Gasteiger partial charge < -0.3 is 71.1 Å². The van der Waals surface area contributed by atoms with Crippen LogP contribution < -0.4 is 71.1 Å². The van der Waals surface area contributed by atoms with Gasteiger partial charge >= 0.3 is 6.01 Å². The Morgan fingerprint density at radius 3 is 0.383 bits per heavy atom. The summed E-state index contributed by atoms with van der Waals surface area (Å²) in [5, 5.41) is -0.276. The third-order valence-electron chi connectivity index (χ3n) is 19.9. The van der Waals surface area contributed by atoms with Gasteiger partial charge in [-0.15, -0.1) is 0 Å². The molecule has 16 rings (SSSR count). The van der Waals surface area contributed by atoms with Crippen LogP contribution in [0.2, 0.25) is 10.6 Å². The molecule has 0 bridgehead atoms. The first-order valence-corrected chi connectivity index (χ1v) is 42.6. The summed E-state index contributed by atoms with van der Waals surface area (Å²) in [6, 6.07) is 120. The van der Waals surface area contributed by atoms with Gasteiger partial charge in [-0.3, -0.25) is 0 Å². The molecular formula is C108H91Cl2N3O15. The quantitative estimate of drug-likeness (QED) is 0.0352. The Morgan fingerprint density at radius 1 is 0.133 bits per heavy atom. The van der Waals surface area contributed by atoms with Gasteiger partial charge in [0.1, 0.15) is 180 Å². The van der Waals surface area contributed by atoms with E-state index in [9.17, 15) is 0 Å². The smallest absolute Gasteiger partial charge is 0.322 e. The fraction of sp³-hybridized carbons (Fsp3) is 0.139. The Balaban J connectivity index is 0.701. The predicted octanol–water partition coefficient (Wildman–Crippen LogP) is 24.9.